The lowest BCUT2D eigenvalue weighted by Crippen LogP contribution is -2.47. The van der Waals surface area contributed by atoms with E-state index in [1.165, 1.54) is 0 Å². The van der Waals surface area contributed by atoms with Crippen molar-refractivity contribution in [2.24, 2.45) is 5.92 Å². The van der Waals surface area contributed by atoms with Gasteiger partial charge in [-0.3, -0.25) is 9.89 Å². The van der Waals surface area contributed by atoms with Crippen LogP contribution in [0.15, 0.2) is 18.5 Å². The second-order valence-corrected chi connectivity index (χ2v) is 6.99. The highest BCUT2D eigenvalue weighted by Gasteiger charge is 2.37. The average Bonchev–Trinajstić information content (AvgIpc) is 2.85. The van der Waals surface area contributed by atoms with Gasteiger partial charge in [0.15, 0.2) is 0 Å². The summed E-state index contributed by atoms with van der Waals surface area (Å²) in [5, 5.41) is 6.73. The van der Waals surface area contributed by atoms with Crippen LogP contribution in [0.4, 0.5) is 5.95 Å². The number of anilines is 1. The molecule has 2 aromatic heterocycles. The molecule has 0 spiro atoms. The first-order valence-corrected chi connectivity index (χ1v) is 8.95. The molecule has 3 fully saturated rings. The average molecular weight is 362 g/mol. The van der Waals surface area contributed by atoms with Gasteiger partial charge in [-0.05, 0) is 36.4 Å². The van der Waals surface area contributed by atoms with Gasteiger partial charge in [0.25, 0.3) is 0 Å². The van der Waals surface area contributed by atoms with Gasteiger partial charge in [-0.15, -0.1) is 5.10 Å². The topological polar surface area (TPSA) is 90.9 Å². The summed E-state index contributed by atoms with van der Waals surface area (Å²) in [6, 6.07) is 2.04. The first-order valence-electron chi connectivity index (χ1n) is 8.57. The molecule has 0 saturated carbocycles. The fourth-order valence-corrected chi connectivity index (χ4v) is 3.90. The number of nitrogens with one attached hydrogen (secondary N) is 1. The lowest BCUT2D eigenvalue weighted by atomic mass is 9.94. The van der Waals surface area contributed by atoms with Crippen LogP contribution in [0.5, 0.6) is 0 Å². The van der Waals surface area contributed by atoms with Gasteiger partial charge in [0.05, 0.1) is 0 Å². The molecule has 3 aliphatic heterocycles. The summed E-state index contributed by atoms with van der Waals surface area (Å²) in [7, 11) is 0. The SMILES string of the molecule is O=C(CCc1nc(Cl)n[nH]1)N1C[C@H]2CC[C@@H]1CN(c1ncccn1)C2. The molecule has 0 radical (unpaired) electrons. The Morgan fingerprint density at radius 2 is 2.08 bits per heavy atom. The number of carbonyl (C=O) groups is 1. The maximum atomic E-state index is 12.7. The number of hydrogen-bond donors (Lipinski definition) is 1. The molecule has 0 aromatic carbocycles. The Kier molecular flexibility index (Phi) is 4.52. The molecule has 3 saturated heterocycles. The van der Waals surface area contributed by atoms with Crippen molar-refractivity contribution in [3.05, 3.63) is 29.6 Å². The molecule has 0 unspecified atom stereocenters. The van der Waals surface area contributed by atoms with Gasteiger partial charge in [-0.2, -0.15) is 0 Å². The highest BCUT2D eigenvalue weighted by molar-refractivity contribution is 6.28. The van der Waals surface area contributed by atoms with E-state index in [4.69, 9.17) is 11.6 Å². The maximum absolute atomic E-state index is 12.7. The molecule has 5 rings (SSSR count). The van der Waals surface area contributed by atoms with Crippen LogP contribution >= 0.6 is 11.6 Å². The summed E-state index contributed by atoms with van der Waals surface area (Å²) in [5.41, 5.74) is 0. The van der Waals surface area contributed by atoms with E-state index in [2.05, 4.69) is 30.0 Å². The maximum Gasteiger partial charge on any atom is 0.242 e. The molecule has 1 N–H and O–H groups in total. The number of carbonyl (C=O) groups excluding carboxylic acids is 1. The Bertz CT molecular complexity index is 737. The number of aromatic amines is 1. The molecule has 5 heterocycles. The minimum absolute atomic E-state index is 0.165. The largest absolute Gasteiger partial charge is 0.338 e. The number of nitrogens with zero attached hydrogens (tertiary/aromatic N) is 6. The van der Waals surface area contributed by atoms with Crippen molar-refractivity contribution < 1.29 is 4.79 Å². The van der Waals surface area contributed by atoms with Crippen LogP contribution in [0.1, 0.15) is 25.1 Å². The van der Waals surface area contributed by atoms with Gasteiger partial charge in [0.1, 0.15) is 5.82 Å². The zero-order valence-corrected chi connectivity index (χ0v) is 14.6. The highest BCUT2D eigenvalue weighted by Crippen LogP contribution is 2.30. The van der Waals surface area contributed by atoms with Gasteiger partial charge >= 0.3 is 0 Å². The summed E-state index contributed by atoms with van der Waals surface area (Å²) in [4.78, 5) is 29.8. The van der Waals surface area contributed by atoms with E-state index in [1.54, 1.807) is 12.4 Å². The Labute approximate surface area is 150 Å². The minimum Gasteiger partial charge on any atom is -0.338 e. The molecular formula is C16H20ClN7O. The van der Waals surface area contributed by atoms with Crippen LogP contribution in [0, 0.1) is 5.92 Å². The summed E-state index contributed by atoms with van der Waals surface area (Å²) in [5.74, 6) is 2.03. The number of fused-ring (bicyclic) bond motifs is 4. The standard InChI is InChI=1S/C16H20ClN7O/c17-15-20-13(21-22-15)4-5-14(25)24-9-11-2-3-12(24)10-23(8-11)16-18-6-1-7-19-16/h1,6-7,11-12H,2-5,8-10H2,(H,20,21,22)/t11-,12+/m0/s1. The van der Waals surface area contributed by atoms with Crippen molar-refractivity contribution in [1.82, 2.24) is 30.0 Å². The Hall–Kier alpha value is -2.22. The van der Waals surface area contributed by atoms with E-state index >= 15 is 0 Å². The summed E-state index contributed by atoms with van der Waals surface area (Å²) in [6.07, 6.45) is 6.65. The Balaban J connectivity index is 1.42. The Morgan fingerprint density at radius 1 is 1.24 bits per heavy atom. The molecular weight excluding hydrogens is 342 g/mol. The van der Waals surface area contributed by atoms with Crippen LogP contribution in [0.2, 0.25) is 5.28 Å². The molecule has 9 heteroatoms. The first kappa shape index (κ1) is 16.3. The second kappa shape index (κ2) is 6.95. The minimum atomic E-state index is 0.165. The van der Waals surface area contributed by atoms with Crippen LogP contribution in [0.25, 0.3) is 0 Å². The molecule has 2 atom stereocenters. The van der Waals surface area contributed by atoms with Crippen LogP contribution in [-0.4, -0.2) is 61.6 Å². The van der Waals surface area contributed by atoms with E-state index in [1.807, 2.05) is 11.0 Å². The second-order valence-electron chi connectivity index (χ2n) is 6.65. The van der Waals surface area contributed by atoms with Crippen molar-refractivity contribution in [2.75, 3.05) is 24.5 Å². The van der Waals surface area contributed by atoms with Crippen molar-refractivity contribution in [1.29, 1.82) is 0 Å². The zero-order valence-electron chi connectivity index (χ0n) is 13.8. The molecule has 8 nitrogen and oxygen atoms in total. The molecule has 132 valence electrons. The number of aromatic nitrogens is 5. The van der Waals surface area contributed by atoms with E-state index in [-0.39, 0.29) is 17.2 Å². The van der Waals surface area contributed by atoms with Gasteiger partial charge in [-0.25, -0.2) is 15.0 Å². The zero-order chi connectivity index (χ0) is 17.2. The predicted molar refractivity (Wildman–Crippen MR) is 92.2 cm³/mol. The van der Waals surface area contributed by atoms with Crippen molar-refractivity contribution in [3.8, 4) is 0 Å². The third kappa shape index (κ3) is 3.58. The van der Waals surface area contributed by atoms with E-state index in [9.17, 15) is 4.79 Å². The molecule has 1 amide bonds. The van der Waals surface area contributed by atoms with Crippen LogP contribution in [0.3, 0.4) is 0 Å². The predicted octanol–water partition coefficient (Wildman–Crippen LogP) is 1.31. The number of rotatable bonds is 4. The van der Waals surface area contributed by atoms with E-state index in [0.717, 1.165) is 38.4 Å². The van der Waals surface area contributed by atoms with Gasteiger partial charge in [0.2, 0.25) is 17.1 Å². The fraction of sp³-hybridized carbons (Fsp3) is 0.562. The number of halogens is 1. The van der Waals surface area contributed by atoms with Gasteiger partial charge in [0, 0.05) is 50.9 Å². The number of aryl methyl sites for hydroxylation is 1. The lowest BCUT2D eigenvalue weighted by molar-refractivity contribution is -0.135. The Morgan fingerprint density at radius 3 is 2.84 bits per heavy atom. The quantitative estimate of drug-likeness (QED) is 0.882. The van der Waals surface area contributed by atoms with E-state index in [0.29, 0.717) is 24.6 Å². The first-order chi connectivity index (χ1) is 12.2. The number of piperidine rings is 1. The van der Waals surface area contributed by atoms with Crippen molar-refractivity contribution in [3.63, 3.8) is 0 Å². The number of hydrogen-bond acceptors (Lipinski definition) is 6. The van der Waals surface area contributed by atoms with Gasteiger partial charge in [-0.1, -0.05) is 0 Å². The summed E-state index contributed by atoms with van der Waals surface area (Å²) < 4.78 is 0. The van der Waals surface area contributed by atoms with Crippen LogP contribution < -0.4 is 4.90 Å². The number of H-pyrrole nitrogens is 1. The fourth-order valence-electron chi connectivity index (χ4n) is 3.76. The van der Waals surface area contributed by atoms with E-state index < -0.39 is 0 Å². The summed E-state index contributed by atoms with van der Waals surface area (Å²) >= 11 is 5.71. The monoisotopic (exact) mass is 361 g/mol. The molecule has 2 bridgehead atoms. The number of amides is 1. The smallest absolute Gasteiger partial charge is 0.242 e. The van der Waals surface area contributed by atoms with Crippen LogP contribution in [-0.2, 0) is 11.2 Å². The van der Waals surface area contributed by atoms with Crippen molar-refractivity contribution in [2.45, 2.75) is 31.7 Å². The molecule has 3 aliphatic rings. The lowest BCUT2D eigenvalue weighted by Gasteiger charge is -2.36. The highest BCUT2D eigenvalue weighted by atomic mass is 35.5. The molecule has 2 aromatic rings. The normalized spacial score (nSPS) is 22.9. The summed E-state index contributed by atoms with van der Waals surface area (Å²) in [6.45, 7) is 2.51. The third-order valence-corrected chi connectivity index (χ3v) is 5.12. The van der Waals surface area contributed by atoms with Crippen molar-refractivity contribution >= 4 is 23.5 Å². The third-order valence-electron chi connectivity index (χ3n) is 4.95. The molecule has 0 aliphatic carbocycles. The van der Waals surface area contributed by atoms with Gasteiger partial charge < -0.3 is 9.80 Å². The molecule has 25 heavy (non-hydrogen) atoms.